The van der Waals surface area contributed by atoms with Gasteiger partial charge in [0.1, 0.15) is 0 Å². The number of H-pyrrole nitrogens is 1. The van der Waals surface area contributed by atoms with E-state index < -0.39 is 0 Å². The molecule has 1 saturated carbocycles. The number of aryl methyl sites for hydroxylation is 1. The van der Waals surface area contributed by atoms with E-state index in [0.29, 0.717) is 0 Å². The normalized spacial score (nSPS) is 12.8. The standard InChI is InChI=1S/C7H9NO.C6H13N.2C2H6/c1-2-6-3-4-7(9)8-5-6;1-7(2)6-4-3-5-6;2*1-2/h3-5H,2H2,1H3,(H,8,9);6H,3-5H2,1-2H3;2*1-2H3. The molecule has 0 spiro atoms. The van der Waals surface area contributed by atoms with E-state index in [2.05, 4.69) is 24.0 Å². The molecule has 0 unspecified atom stereocenters. The van der Waals surface area contributed by atoms with Crippen LogP contribution in [0, 0.1) is 0 Å². The second-order valence-corrected chi connectivity index (χ2v) is 4.46. The number of nitrogens with zero attached hydrogens (tertiary/aromatic N) is 1. The van der Waals surface area contributed by atoms with E-state index in [1.165, 1.54) is 19.3 Å². The van der Waals surface area contributed by atoms with E-state index in [9.17, 15) is 4.79 Å². The van der Waals surface area contributed by atoms with Gasteiger partial charge in [0.2, 0.25) is 5.56 Å². The van der Waals surface area contributed by atoms with Gasteiger partial charge in [-0.2, -0.15) is 0 Å². The topological polar surface area (TPSA) is 36.1 Å². The summed E-state index contributed by atoms with van der Waals surface area (Å²) in [5, 5.41) is 0. The van der Waals surface area contributed by atoms with Crippen molar-refractivity contribution in [3.63, 3.8) is 0 Å². The lowest BCUT2D eigenvalue weighted by atomic mass is 9.92. The van der Waals surface area contributed by atoms with Gasteiger partial charge in [-0.05, 0) is 38.9 Å². The van der Waals surface area contributed by atoms with E-state index in [4.69, 9.17) is 0 Å². The van der Waals surface area contributed by atoms with Crippen molar-refractivity contribution >= 4 is 0 Å². The van der Waals surface area contributed by atoms with E-state index in [1.807, 2.05) is 40.7 Å². The molecule has 0 amide bonds. The summed E-state index contributed by atoms with van der Waals surface area (Å²) in [6, 6.07) is 4.29. The van der Waals surface area contributed by atoms with E-state index >= 15 is 0 Å². The first kappa shape index (κ1) is 21.2. The van der Waals surface area contributed by atoms with Crippen molar-refractivity contribution in [3.05, 3.63) is 34.2 Å². The number of aromatic amines is 1. The Kier molecular flexibility index (Phi) is 15.2. The molecule has 0 saturated heterocycles. The van der Waals surface area contributed by atoms with Gasteiger partial charge < -0.3 is 9.88 Å². The van der Waals surface area contributed by atoms with Crippen LogP contribution in [0.5, 0.6) is 0 Å². The summed E-state index contributed by atoms with van der Waals surface area (Å²) < 4.78 is 0. The third-order valence-electron chi connectivity index (χ3n) is 3.06. The number of hydrogen-bond donors (Lipinski definition) is 1. The van der Waals surface area contributed by atoms with Gasteiger partial charge >= 0.3 is 0 Å². The van der Waals surface area contributed by atoms with Crippen molar-refractivity contribution in [1.82, 2.24) is 9.88 Å². The molecule has 1 aliphatic rings. The van der Waals surface area contributed by atoms with Crippen LogP contribution in [0.1, 0.15) is 59.4 Å². The minimum atomic E-state index is -0.0350. The molecule has 1 fully saturated rings. The molecular formula is C17H34N2O. The summed E-state index contributed by atoms with van der Waals surface area (Å²) >= 11 is 0. The molecule has 3 heteroatoms. The average Bonchev–Trinajstić information content (AvgIpc) is 2.42. The van der Waals surface area contributed by atoms with Gasteiger partial charge in [0, 0.05) is 18.3 Å². The van der Waals surface area contributed by atoms with Crippen molar-refractivity contribution in [2.24, 2.45) is 0 Å². The summed E-state index contributed by atoms with van der Waals surface area (Å²) in [5.41, 5.74) is 1.13. The first-order valence-electron chi connectivity index (χ1n) is 7.97. The highest BCUT2D eigenvalue weighted by atomic mass is 16.1. The predicted molar refractivity (Wildman–Crippen MR) is 90.5 cm³/mol. The summed E-state index contributed by atoms with van der Waals surface area (Å²) in [6.07, 6.45) is 7.00. The predicted octanol–water partition coefficient (Wildman–Crippen LogP) is 4.09. The van der Waals surface area contributed by atoms with Gasteiger partial charge in [0.15, 0.2) is 0 Å². The zero-order valence-electron chi connectivity index (χ0n) is 14.5. The number of nitrogens with one attached hydrogen (secondary N) is 1. The van der Waals surface area contributed by atoms with Gasteiger partial charge in [0.25, 0.3) is 0 Å². The van der Waals surface area contributed by atoms with Crippen LogP contribution < -0.4 is 5.56 Å². The van der Waals surface area contributed by atoms with Crippen LogP contribution >= 0.6 is 0 Å². The van der Waals surface area contributed by atoms with E-state index in [1.54, 1.807) is 12.3 Å². The molecule has 1 aromatic rings. The lowest BCUT2D eigenvalue weighted by Gasteiger charge is -2.31. The van der Waals surface area contributed by atoms with E-state index in [0.717, 1.165) is 18.0 Å². The van der Waals surface area contributed by atoms with Crippen molar-refractivity contribution in [2.45, 2.75) is 66.3 Å². The number of rotatable bonds is 2. The quantitative estimate of drug-likeness (QED) is 0.887. The molecule has 3 nitrogen and oxygen atoms in total. The molecule has 1 aromatic heterocycles. The van der Waals surface area contributed by atoms with Gasteiger partial charge in [-0.15, -0.1) is 0 Å². The van der Waals surface area contributed by atoms with Crippen LogP contribution in [0.15, 0.2) is 23.1 Å². The highest BCUT2D eigenvalue weighted by Crippen LogP contribution is 2.21. The summed E-state index contributed by atoms with van der Waals surface area (Å²) in [7, 11) is 4.31. The maximum Gasteiger partial charge on any atom is 0.247 e. The van der Waals surface area contributed by atoms with Gasteiger partial charge in [0.05, 0.1) is 0 Å². The fourth-order valence-electron chi connectivity index (χ4n) is 1.57. The van der Waals surface area contributed by atoms with Crippen molar-refractivity contribution in [1.29, 1.82) is 0 Å². The second kappa shape index (κ2) is 14.3. The van der Waals surface area contributed by atoms with Crippen molar-refractivity contribution in [3.8, 4) is 0 Å². The van der Waals surface area contributed by atoms with Crippen LogP contribution in [0.2, 0.25) is 0 Å². The Hall–Kier alpha value is -1.09. The molecular weight excluding hydrogens is 248 g/mol. The Bertz CT molecular complexity index is 334. The van der Waals surface area contributed by atoms with Crippen LogP contribution in [0.4, 0.5) is 0 Å². The smallest absolute Gasteiger partial charge is 0.247 e. The molecule has 20 heavy (non-hydrogen) atoms. The molecule has 1 aliphatic carbocycles. The summed E-state index contributed by atoms with van der Waals surface area (Å²) in [5.74, 6) is 0. The highest BCUT2D eigenvalue weighted by Gasteiger charge is 2.18. The molecule has 0 atom stereocenters. The van der Waals surface area contributed by atoms with Crippen molar-refractivity contribution in [2.75, 3.05) is 14.1 Å². The third kappa shape index (κ3) is 9.79. The summed E-state index contributed by atoms with van der Waals surface area (Å²) in [6.45, 7) is 10.0. The molecule has 0 aliphatic heterocycles. The number of hydrogen-bond acceptors (Lipinski definition) is 2. The maximum absolute atomic E-state index is 10.5. The Morgan fingerprint density at radius 1 is 1.15 bits per heavy atom. The molecule has 0 aromatic carbocycles. The zero-order valence-corrected chi connectivity index (χ0v) is 14.5. The Morgan fingerprint density at radius 2 is 1.70 bits per heavy atom. The molecule has 1 N–H and O–H groups in total. The van der Waals surface area contributed by atoms with Gasteiger partial charge in [-0.3, -0.25) is 4.79 Å². The molecule has 1 heterocycles. The fraction of sp³-hybridized carbons (Fsp3) is 0.706. The minimum absolute atomic E-state index is 0.0350. The molecule has 0 bridgehead atoms. The second-order valence-electron chi connectivity index (χ2n) is 4.46. The Labute approximate surface area is 125 Å². The first-order valence-corrected chi connectivity index (χ1v) is 7.97. The number of pyridine rings is 1. The molecule has 118 valence electrons. The average molecular weight is 282 g/mol. The van der Waals surface area contributed by atoms with Crippen LogP contribution in [0.3, 0.4) is 0 Å². The first-order chi connectivity index (χ1) is 9.63. The monoisotopic (exact) mass is 282 g/mol. The zero-order chi connectivity index (χ0) is 16.0. The fourth-order valence-corrected chi connectivity index (χ4v) is 1.57. The SMILES string of the molecule is CC.CC.CCc1ccc(=O)[nH]c1.CN(C)C1CCC1. The van der Waals surface area contributed by atoms with Crippen LogP contribution in [0.25, 0.3) is 0 Å². The Balaban J connectivity index is 0. The third-order valence-corrected chi connectivity index (χ3v) is 3.06. The van der Waals surface area contributed by atoms with Crippen LogP contribution in [-0.2, 0) is 6.42 Å². The Morgan fingerprint density at radius 3 is 1.90 bits per heavy atom. The van der Waals surface area contributed by atoms with Gasteiger partial charge in [-0.1, -0.05) is 47.1 Å². The maximum atomic E-state index is 10.5. The minimum Gasteiger partial charge on any atom is -0.329 e. The van der Waals surface area contributed by atoms with E-state index in [-0.39, 0.29) is 5.56 Å². The lowest BCUT2D eigenvalue weighted by Crippen LogP contribution is -2.33. The van der Waals surface area contributed by atoms with Crippen LogP contribution in [-0.4, -0.2) is 30.0 Å². The molecule has 0 radical (unpaired) electrons. The molecule has 2 rings (SSSR count). The summed E-state index contributed by atoms with van der Waals surface area (Å²) in [4.78, 5) is 15.4. The number of aromatic nitrogens is 1. The largest absolute Gasteiger partial charge is 0.329 e. The lowest BCUT2D eigenvalue weighted by molar-refractivity contribution is 0.193. The van der Waals surface area contributed by atoms with Gasteiger partial charge in [-0.25, -0.2) is 0 Å². The van der Waals surface area contributed by atoms with Crippen molar-refractivity contribution < 1.29 is 0 Å². The highest BCUT2D eigenvalue weighted by molar-refractivity contribution is 5.07.